The average molecular weight is 210 g/mol. The number of rotatable bonds is 2. The van der Waals surface area contributed by atoms with Crippen LogP contribution in [0.4, 0.5) is 0 Å². The van der Waals surface area contributed by atoms with Crippen LogP contribution in [0.1, 0.15) is 51.9 Å². The van der Waals surface area contributed by atoms with Crippen LogP contribution in [-0.2, 0) is 0 Å². The maximum absolute atomic E-state index is 6.16. The van der Waals surface area contributed by atoms with Gasteiger partial charge in [0.25, 0.3) is 0 Å². The molecule has 0 bridgehead atoms. The molecule has 15 heavy (non-hydrogen) atoms. The molecule has 2 fully saturated rings. The third-order valence-electron chi connectivity index (χ3n) is 4.27. The van der Waals surface area contributed by atoms with E-state index in [1.165, 1.54) is 51.5 Å². The van der Waals surface area contributed by atoms with E-state index in [0.717, 1.165) is 18.5 Å². The molecule has 0 aromatic carbocycles. The predicted octanol–water partition coefficient (Wildman–Crippen LogP) is 2.38. The molecule has 1 aliphatic heterocycles. The number of nitrogens with two attached hydrogens (primary N) is 1. The van der Waals surface area contributed by atoms with E-state index in [9.17, 15) is 0 Å². The number of nitrogens with zero attached hydrogens (tertiary/aromatic N) is 1. The first-order valence-corrected chi connectivity index (χ1v) is 6.79. The number of likely N-dealkylation sites (tertiary alicyclic amines) is 1. The first-order valence-electron chi connectivity index (χ1n) is 6.79. The van der Waals surface area contributed by atoms with Gasteiger partial charge in [-0.25, -0.2) is 0 Å². The Hall–Kier alpha value is -0.0800. The van der Waals surface area contributed by atoms with Crippen molar-refractivity contribution in [1.82, 2.24) is 4.90 Å². The van der Waals surface area contributed by atoms with Crippen molar-refractivity contribution in [2.75, 3.05) is 13.1 Å². The summed E-state index contributed by atoms with van der Waals surface area (Å²) in [4.78, 5) is 2.70. The van der Waals surface area contributed by atoms with E-state index in [0.29, 0.717) is 6.04 Å². The zero-order valence-corrected chi connectivity index (χ0v) is 10.1. The molecule has 2 atom stereocenters. The van der Waals surface area contributed by atoms with Crippen molar-refractivity contribution in [3.05, 3.63) is 0 Å². The monoisotopic (exact) mass is 210 g/mol. The second kappa shape index (κ2) is 5.31. The molecule has 1 saturated carbocycles. The largest absolute Gasteiger partial charge is 0.327 e. The lowest BCUT2D eigenvalue weighted by Gasteiger charge is -2.42. The number of hydrogen-bond acceptors (Lipinski definition) is 2. The molecule has 0 amide bonds. The molecule has 1 saturated heterocycles. The molecule has 1 heterocycles. The Kier molecular flexibility index (Phi) is 4.04. The zero-order chi connectivity index (χ0) is 10.7. The minimum Gasteiger partial charge on any atom is -0.327 e. The van der Waals surface area contributed by atoms with Gasteiger partial charge in [0.05, 0.1) is 0 Å². The van der Waals surface area contributed by atoms with Crippen molar-refractivity contribution >= 4 is 0 Å². The Morgan fingerprint density at radius 3 is 2.53 bits per heavy atom. The highest BCUT2D eigenvalue weighted by Gasteiger charge is 2.29. The van der Waals surface area contributed by atoms with E-state index >= 15 is 0 Å². The summed E-state index contributed by atoms with van der Waals surface area (Å²) in [5.74, 6) is 0.857. The van der Waals surface area contributed by atoms with Gasteiger partial charge in [0, 0.05) is 25.2 Å². The van der Waals surface area contributed by atoms with Crippen LogP contribution in [-0.4, -0.2) is 30.1 Å². The molecule has 2 nitrogen and oxygen atoms in total. The molecule has 2 aliphatic rings. The predicted molar refractivity (Wildman–Crippen MR) is 64.8 cm³/mol. The lowest BCUT2D eigenvalue weighted by molar-refractivity contribution is 0.0857. The van der Waals surface area contributed by atoms with Gasteiger partial charge in [0.2, 0.25) is 0 Å². The summed E-state index contributed by atoms with van der Waals surface area (Å²) < 4.78 is 0. The van der Waals surface area contributed by atoms with E-state index < -0.39 is 0 Å². The lowest BCUT2D eigenvalue weighted by atomic mass is 9.88. The van der Waals surface area contributed by atoms with Gasteiger partial charge in [0.1, 0.15) is 0 Å². The second-order valence-electron chi connectivity index (χ2n) is 5.52. The van der Waals surface area contributed by atoms with Crippen LogP contribution in [0.15, 0.2) is 0 Å². The van der Waals surface area contributed by atoms with Crippen LogP contribution in [0.2, 0.25) is 0 Å². The highest BCUT2D eigenvalue weighted by molar-refractivity contribution is 4.86. The SMILES string of the molecule is CCC1CC(N)CN(C2CCCCC2)C1. The number of piperidine rings is 1. The molecule has 2 N–H and O–H groups in total. The minimum absolute atomic E-state index is 0.436. The van der Waals surface area contributed by atoms with Gasteiger partial charge >= 0.3 is 0 Å². The molecule has 0 spiro atoms. The van der Waals surface area contributed by atoms with Gasteiger partial charge in [-0.2, -0.15) is 0 Å². The highest BCUT2D eigenvalue weighted by Crippen LogP contribution is 2.27. The Labute approximate surface area is 94.2 Å². The van der Waals surface area contributed by atoms with E-state index in [4.69, 9.17) is 5.73 Å². The summed E-state index contributed by atoms with van der Waals surface area (Å²) in [6.45, 7) is 4.78. The zero-order valence-electron chi connectivity index (χ0n) is 10.1. The van der Waals surface area contributed by atoms with Gasteiger partial charge < -0.3 is 5.73 Å². The molecule has 88 valence electrons. The topological polar surface area (TPSA) is 29.3 Å². The van der Waals surface area contributed by atoms with E-state index in [2.05, 4.69) is 11.8 Å². The van der Waals surface area contributed by atoms with Gasteiger partial charge in [0.15, 0.2) is 0 Å². The summed E-state index contributed by atoms with van der Waals surface area (Å²) in [5, 5.41) is 0. The van der Waals surface area contributed by atoms with E-state index in [-0.39, 0.29) is 0 Å². The molecule has 2 heteroatoms. The van der Waals surface area contributed by atoms with Crippen molar-refractivity contribution in [3.63, 3.8) is 0 Å². The van der Waals surface area contributed by atoms with Gasteiger partial charge in [-0.15, -0.1) is 0 Å². The van der Waals surface area contributed by atoms with Crippen molar-refractivity contribution < 1.29 is 0 Å². The van der Waals surface area contributed by atoms with Crippen LogP contribution in [0, 0.1) is 5.92 Å². The fourth-order valence-corrected chi connectivity index (χ4v) is 3.32. The molecule has 0 radical (unpaired) electrons. The summed E-state index contributed by atoms with van der Waals surface area (Å²) in [7, 11) is 0. The molecule has 0 aromatic heterocycles. The minimum atomic E-state index is 0.436. The highest BCUT2D eigenvalue weighted by atomic mass is 15.2. The summed E-state index contributed by atoms with van der Waals surface area (Å²) in [5.41, 5.74) is 6.16. The van der Waals surface area contributed by atoms with Crippen LogP contribution in [0.3, 0.4) is 0 Å². The van der Waals surface area contributed by atoms with Crippen molar-refractivity contribution in [3.8, 4) is 0 Å². The van der Waals surface area contributed by atoms with Crippen LogP contribution in [0.5, 0.6) is 0 Å². The molecular formula is C13H26N2. The molecule has 2 rings (SSSR count). The Morgan fingerprint density at radius 2 is 1.87 bits per heavy atom. The Bertz CT molecular complexity index is 187. The Morgan fingerprint density at radius 1 is 1.13 bits per heavy atom. The molecule has 2 unspecified atom stereocenters. The first-order chi connectivity index (χ1) is 7.29. The van der Waals surface area contributed by atoms with Crippen molar-refractivity contribution in [2.45, 2.75) is 64.0 Å². The lowest BCUT2D eigenvalue weighted by Crippen LogP contribution is -2.51. The van der Waals surface area contributed by atoms with E-state index in [1.807, 2.05) is 0 Å². The van der Waals surface area contributed by atoms with Crippen LogP contribution in [0.25, 0.3) is 0 Å². The fourth-order valence-electron chi connectivity index (χ4n) is 3.32. The maximum Gasteiger partial charge on any atom is 0.0171 e. The smallest absolute Gasteiger partial charge is 0.0171 e. The van der Waals surface area contributed by atoms with Gasteiger partial charge in [-0.05, 0) is 25.2 Å². The normalized spacial score (nSPS) is 35.6. The van der Waals surface area contributed by atoms with Gasteiger partial charge in [-0.1, -0.05) is 32.6 Å². The standard InChI is InChI=1S/C13H26N2/c1-2-11-8-12(14)10-15(9-11)13-6-4-3-5-7-13/h11-13H,2-10,14H2,1H3. The third-order valence-corrected chi connectivity index (χ3v) is 4.27. The number of hydrogen-bond donors (Lipinski definition) is 1. The Balaban J connectivity index is 1.89. The summed E-state index contributed by atoms with van der Waals surface area (Å²) >= 11 is 0. The molecule has 0 aromatic rings. The van der Waals surface area contributed by atoms with Crippen LogP contribution >= 0.6 is 0 Å². The van der Waals surface area contributed by atoms with Crippen molar-refractivity contribution in [2.24, 2.45) is 11.7 Å². The summed E-state index contributed by atoms with van der Waals surface area (Å²) in [6.07, 6.45) is 9.72. The second-order valence-corrected chi connectivity index (χ2v) is 5.52. The fraction of sp³-hybridized carbons (Fsp3) is 1.00. The quantitative estimate of drug-likeness (QED) is 0.758. The first kappa shape index (κ1) is 11.4. The van der Waals surface area contributed by atoms with Crippen molar-refractivity contribution in [1.29, 1.82) is 0 Å². The summed E-state index contributed by atoms with van der Waals surface area (Å²) in [6, 6.07) is 1.30. The van der Waals surface area contributed by atoms with E-state index in [1.54, 1.807) is 0 Å². The van der Waals surface area contributed by atoms with Crippen LogP contribution < -0.4 is 5.73 Å². The average Bonchev–Trinajstić information content (AvgIpc) is 2.29. The molecule has 1 aliphatic carbocycles. The van der Waals surface area contributed by atoms with Gasteiger partial charge in [-0.3, -0.25) is 4.90 Å². The molecular weight excluding hydrogens is 184 g/mol. The third kappa shape index (κ3) is 2.94. The maximum atomic E-state index is 6.16.